The quantitative estimate of drug-likeness (QED) is 0.343. The standard InChI is InChI=1S/C21H16F3N5O3/c22-21(23,24)19-11-18(28(27-19)14-5-7-15(8-6-14)29(31)32)20(30)25-10-9-13-12-26-17-4-2-1-3-16(13)17/h1-8,11-12,26H,9-10H2,(H,25,30). The fourth-order valence-electron chi connectivity index (χ4n) is 3.33. The van der Waals surface area contributed by atoms with Gasteiger partial charge in [0.2, 0.25) is 0 Å². The van der Waals surface area contributed by atoms with E-state index in [1.165, 1.54) is 12.1 Å². The SMILES string of the molecule is O=C(NCCc1c[nH]c2ccccc12)c1cc(C(F)(F)F)nn1-c1ccc([N+](=O)[O-])cc1. The summed E-state index contributed by atoms with van der Waals surface area (Å²) in [6, 6.07) is 13.0. The number of non-ortho nitro benzene ring substituents is 1. The molecule has 4 rings (SSSR count). The van der Waals surface area contributed by atoms with E-state index in [1.54, 1.807) is 0 Å². The Hall–Kier alpha value is -4.15. The molecule has 0 fully saturated rings. The number of nitro benzene ring substituents is 1. The van der Waals surface area contributed by atoms with Crippen molar-refractivity contribution in [3.8, 4) is 5.69 Å². The number of hydrogen-bond acceptors (Lipinski definition) is 4. The highest BCUT2D eigenvalue weighted by molar-refractivity contribution is 5.93. The first-order valence-corrected chi connectivity index (χ1v) is 9.49. The molecule has 0 aliphatic rings. The van der Waals surface area contributed by atoms with Gasteiger partial charge in [-0.15, -0.1) is 0 Å². The molecule has 2 aromatic carbocycles. The van der Waals surface area contributed by atoms with E-state index in [9.17, 15) is 28.1 Å². The summed E-state index contributed by atoms with van der Waals surface area (Å²) in [5.74, 6) is -0.744. The predicted molar refractivity (Wildman–Crippen MR) is 110 cm³/mol. The fraction of sp³-hybridized carbons (Fsp3) is 0.143. The highest BCUT2D eigenvalue weighted by atomic mass is 19.4. The second-order valence-electron chi connectivity index (χ2n) is 6.96. The summed E-state index contributed by atoms with van der Waals surface area (Å²) in [5.41, 5.74) is 0.193. The van der Waals surface area contributed by atoms with Gasteiger partial charge in [-0.05, 0) is 30.2 Å². The van der Waals surface area contributed by atoms with Gasteiger partial charge < -0.3 is 10.3 Å². The number of nitrogens with one attached hydrogen (secondary N) is 2. The van der Waals surface area contributed by atoms with Crippen molar-refractivity contribution in [3.63, 3.8) is 0 Å². The van der Waals surface area contributed by atoms with Crippen LogP contribution in [0.3, 0.4) is 0 Å². The zero-order chi connectivity index (χ0) is 22.9. The summed E-state index contributed by atoms with van der Waals surface area (Å²) in [6.07, 6.45) is -2.47. The molecule has 0 aliphatic heterocycles. The van der Waals surface area contributed by atoms with Crippen LogP contribution in [0, 0.1) is 10.1 Å². The van der Waals surface area contributed by atoms with E-state index in [1.807, 2.05) is 30.5 Å². The number of rotatable bonds is 6. The predicted octanol–water partition coefficient (Wildman–Crippen LogP) is 4.25. The number of fused-ring (bicyclic) bond motifs is 1. The van der Waals surface area contributed by atoms with Crippen molar-refractivity contribution in [1.29, 1.82) is 0 Å². The molecule has 4 aromatic rings. The number of carbonyl (C=O) groups excluding carboxylic acids is 1. The Morgan fingerprint density at radius 2 is 1.88 bits per heavy atom. The number of aromatic amines is 1. The zero-order valence-electron chi connectivity index (χ0n) is 16.4. The lowest BCUT2D eigenvalue weighted by atomic mass is 10.1. The summed E-state index contributed by atoms with van der Waals surface area (Å²) in [7, 11) is 0. The minimum Gasteiger partial charge on any atom is -0.361 e. The summed E-state index contributed by atoms with van der Waals surface area (Å²) in [6.45, 7) is 0.188. The second-order valence-corrected chi connectivity index (χ2v) is 6.96. The van der Waals surface area contributed by atoms with Crippen LogP contribution in [0.25, 0.3) is 16.6 Å². The van der Waals surface area contributed by atoms with E-state index in [0.29, 0.717) is 12.5 Å². The van der Waals surface area contributed by atoms with E-state index < -0.39 is 22.7 Å². The lowest BCUT2D eigenvalue weighted by Gasteiger charge is -2.08. The van der Waals surface area contributed by atoms with Gasteiger partial charge in [-0.1, -0.05) is 18.2 Å². The molecule has 11 heteroatoms. The summed E-state index contributed by atoms with van der Waals surface area (Å²) < 4.78 is 40.5. The first-order valence-electron chi connectivity index (χ1n) is 9.49. The maximum atomic E-state index is 13.2. The van der Waals surface area contributed by atoms with Crippen LogP contribution in [0.4, 0.5) is 18.9 Å². The number of H-pyrrole nitrogens is 1. The topological polar surface area (TPSA) is 106 Å². The largest absolute Gasteiger partial charge is 0.435 e. The molecule has 0 saturated carbocycles. The third-order valence-corrected chi connectivity index (χ3v) is 4.89. The van der Waals surface area contributed by atoms with Gasteiger partial charge in [-0.25, -0.2) is 4.68 Å². The summed E-state index contributed by atoms with van der Waals surface area (Å²) in [4.78, 5) is 26.0. The maximum Gasteiger partial charge on any atom is 0.435 e. The van der Waals surface area contributed by atoms with Gasteiger partial charge in [0.15, 0.2) is 5.69 Å². The van der Waals surface area contributed by atoms with Crippen molar-refractivity contribution in [2.45, 2.75) is 12.6 Å². The number of nitro groups is 1. The normalized spacial score (nSPS) is 11.6. The van der Waals surface area contributed by atoms with Crippen molar-refractivity contribution >= 4 is 22.5 Å². The lowest BCUT2D eigenvalue weighted by Crippen LogP contribution is -2.27. The fourth-order valence-corrected chi connectivity index (χ4v) is 3.33. The molecule has 0 bridgehead atoms. The van der Waals surface area contributed by atoms with Crippen LogP contribution in [0.2, 0.25) is 0 Å². The number of para-hydroxylation sites is 1. The number of alkyl halides is 3. The number of amides is 1. The van der Waals surface area contributed by atoms with Gasteiger partial charge in [-0.3, -0.25) is 14.9 Å². The second kappa shape index (κ2) is 8.17. The molecule has 2 heterocycles. The van der Waals surface area contributed by atoms with Crippen molar-refractivity contribution in [2.75, 3.05) is 6.54 Å². The Balaban J connectivity index is 1.56. The molecule has 164 valence electrons. The highest BCUT2D eigenvalue weighted by Crippen LogP contribution is 2.30. The summed E-state index contributed by atoms with van der Waals surface area (Å²) in [5, 5.41) is 17.9. The Kier molecular flexibility index (Phi) is 5.39. The molecule has 0 unspecified atom stereocenters. The first-order chi connectivity index (χ1) is 15.2. The number of aromatic nitrogens is 3. The summed E-state index contributed by atoms with van der Waals surface area (Å²) >= 11 is 0. The minimum atomic E-state index is -4.76. The van der Waals surface area contributed by atoms with Crippen LogP contribution in [0.5, 0.6) is 0 Å². The first kappa shape index (κ1) is 21.1. The maximum absolute atomic E-state index is 13.2. The van der Waals surface area contributed by atoms with E-state index in [-0.39, 0.29) is 23.6 Å². The molecule has 0 spiro atoms. The Labute approximate surface area is 178 Å². The monoisotopic (exact) mass is 443 g/mol. The molecule has 32 heavy (non-hydrogen) atoms. The number of benzene rings is 2. The highest BCUT2D eigenvalue weighted by Gasteiger charge is 2.36. The van der Waals surface area contributed by atoms with Gasteiger partial charge >= 0.3 is 6.18 Å². The van der Waals surface area contributed by atoms with E-state index in [2.05, 4.69) is 15.4 Å². The molecule has 2 N–H and O–H groups in total. The molecular weight excluding hydrogens is 427 g/mol. The Morgan fingerprint density at radius 3 is 2.56 bits per heavy atom. The molecular formula is C21H16F3N5O3. The van der Waals surface area contributed by atoms with Crippen LogP contribution in [-0.2, 0) is 12.6 Å². The third-order valence-electron chi connectivity index (χ3n) is 4.89. The number of carbonyl (C=O) groups is 1. The van der Waals surface area contributed by atoms with Crippen LogP contribution >= 0.6 is 0 Å². The van der Waals surface area contributed by atoms with Crippen molar-refractivity contribution < 1.29 is 22.9 Å². The van der Waals surface area contributed by atoms with E-state index in [4.69, 9.17) is 0 Å². The number of hydrogen-bond donors (Lipinski definition) is 2. The van der Waals surface area contributed by atoms with Crippen molar-refractivity contribution in [1.82, 2.24) is 20.1 Å². The molecule has 0 atom stereocenters. The number of nitrogens with zero attached hydrogens (tertiary/aromatic N) is 3. The molecule has 0 aliphatic carbocycles. The average molecular weight is 443 g/mol. The van der Waals surface area contributed by atoms with E-state index in [0.717, 1.165) is 33.3 Å². The average Bonchev–Trinajstić information content (AvgIpc) is 3.39. The Morgan fingerprint density at radius 1 is 1.16 bits per heavy atom. The number of halogens is 3. The van der Waals surface area contributed by atoms with Crippen LogP contribution in [-0.4, -0.2) is 32.1 Å². The van der Waals surface area contributed by atoms with Crippen LogP contribution in [0.1, 0.15) is 21.7 Å². The van der Waals surface area contributed by atoms with E-state index >= 15 is 0 Å². The molecule has 8 nitrogen and oxygen atoms in total. The van der Waals surface area contributed by atoms with Gasteiger partial charge in [0.25, 0.3) is 11.6 Å². The lowest BCUT2D eigenvalue weighted by molar-refractivity contribution is -0.384. The molecule has 2 aromatic heterocycles. The van der Waals surface area contributed by atoms with Crippen LogP contribution < -0.4 is 5.32 Å². The smallest absolute Gasteiger partial charge is 0.361 e. The van der Waals surface area contributed by atoms with Gasteiger partial charge in [0.1, 0.15) is 5.69 Å². The zero-order valence-corrected chi connectivity index (χ0v) is 16.4. The van der Waals surface area contributed by atoms with Gasteiger partial charge in [0, 0.05) is 41.8 Å². The minimum absolute atomic E-state index is 0.0906. The molecule has 0 radical (unpaired) electrons. The molecule has 1 amide bonds. The van der Waals surface area contributed by atoms with Crippen molar-refractivity contribution in [2.24, 2.45) is 0 Å². The van der Waals surface area contributed by atoms with Crippen molar-refractivity contribution in [3.05, 3.63) is 87.9 Å². The van der Waals surface area contributed by atoms with Gasteiger partial charge in [0.05, 0.1) is 10.6 Å². The van der Waals surface area contributed by atoms with Gasteiger partial charge in [-0.2, -0.15) is 18.3 Å². The third kappa shape index (κ3) is 4.17. The Bertz CT molecular complexity index is 1290. The van der Waals surface area contributed by atoms with Crippen LogP contribution in [0.15, 0.2) is 60.8 Å². The molecule has 0 saturated heterocycles.